The van der Waals surface area contributed by atoms with Gasteiger partial charge in [-0.1, -0.05) is 36.4 Å². The van der Waals surface area contributed by atoms with Crippen molar-refractivity contribution in [1.29, 1.82) is 0 Å². The zero-order chi connectivity index (χ0) is 31.3. The molecule has 1 aromatic heterocycles. The minimum atomic E-state index is -1.43. The van der Waals surface area contributed by atoms with Crippen molar-refractivity contribution in [2.45, 2.75) is 57.8 Å². The van der Waals surface area contributed by atoms with Gasteiger partial charge >= 0.3 is 29.6 Å². The van der Waals surface area contributed by atoms with Crippen molar-refractivity contribution in [3.8, 4) is 28.0 Å². The monoisotopic (exact) mass is 614 g/mol. The Morgan fingerprint density at radius 3 is 1.93 bits per heavy atom. The number of para-hydroxylation sites is 2. The van der Waals surface area contributed by atoms with E-state index in [1.165, 1.54) is 42.5 Å². The summed E-state index contributed by atoms with van der Waals surface area (Å²) in [6, 6.07) is 17.2. The molecule has 0 radical (unpaired) electrons. The maximum absolute atomic E-state index is 14.1. The van der Waals surface area contributed by atoms with Gasteiger partial charge in [0.1, 0.15) is 23.1 Å². The van der Waals surface area contributed by atoms with Crippen LogP contribution in [0.3, 0.4) is 0 Å². The number of carboxylic acids is 1. The van der Waals surface area contributed by atoms with Crippen LogP contribution in [-0.2, 0) is 11.2 Å². The largest absolute Gasteiger partial charge is 1.00 e. The molecule has 0 saturated heterocycles. The first-order valence-corrected chi connectivity index (χ1v) is 13.9. The summed E-state index contributed by atoms with van der Waals surface area (Å²) in [5.41, 5.74) is 3.06. The molecule has 226 valence electrons. The fraction of sp³-hybridized carbons (Fsp3) is 0.273. The number of hydrogen-bond acceptors (Lipinski definition) is 6. The quantitative estimate of drug-likeness (QED) is 0.142. The van der Waals surface area contributed by atoms with E-state index in [-0.39, 0.29) is 72.0 Å². The number of nitrogens with one attached hydrogen (secondary N) is 1. The van der Waals surface area contributed by atoms with Gasteiger partial charge in [0.15, 0.2) is 0 Å². The van der Waals surface area contributed by atoms with Crippen LogP contribution in [0.2, 0.25) is 0 Å². The standard InChI is InChI=1S/C33H34F2N2O6.Na/c1-19(2)37-27(16-15-24(38)17-25(39)18-29(41)42)30(20-7-11-22(34)12-8-20)31(21-9-13-23(35)14-10-21)32(37)33(43)36-26-5-3-4-6-28(26)40;/h3-14,19,24-25,38-40H,15-18H2,1-2H3,(H,36,43)(H,41,42);/q;+1/p-1/t24-,25-;/m1./s1. The van der Waals surface area contributed by atoms with Gasteiger partial charge in [0, 0.05) is 35.3 Å². The minimum Gasteiger partial charge on any atom is -0.550 e. The molecule has 0 spiro atoms. The molecule has 44 heavy (non-hydrogen) atoms. The first kappa shape index (κ1) is 34.9. The zero-order valence-corrected chi connectivity index (χ0v) is 26.8. The van der Waals surface area contributed by atoms with Gasteiger partial charge in [-0.25, -0.2) is 8.78 Å². The number of carboxylic acid groups (broad SMARTS) is 1. The van der Waals surface area contributed by atoms with Crippen molar-refractivity contribution in [3.63, 3.8) is 0 Å². The Labute approximate surface area is 276 Å². The third-order valence-electron chi connectivity index (χ3n) is 7.12. The number of amides is 1. The molecule has 2 atom stereocenters. The molecule has 0 bridgehead atoms. The first-order valence-electron chi connectivity index (χ1n) is 13.9. The SMILES string of the molecule is CC(C)n1c(CC[C@@H](O)C[C@@H](O)CC(=O)[O-])c(-c2ccc(F)cc2)c(-c2ccc(F)cc2)c1C(=O)Nc1ccccc1O.[Na+]. The Balaban J connectivity index is 0.00000529. The summed E-state index contributed by atoms with van der Waals surface area (Å²) in [5, 5.41) is 44.7. The van der Waals surface area contributed by atoms with E-state index in [4.69, 9.17) is 0 Å². The first-order chi connectivity index (χ1) is 20.5. The average Bonchev–Trinajstić information content (AvgIpc) is 3.29. The topological polar surface area (TPSA) is 135 Å². The number of aromatic hydroxyl groups is 1. The molecule has 0 aliphatic carbocycles. The molecule has 0 unspecified atom stereocenters. The number of aliphatic hydroxyl groups is 2. The molecule has 0 fully saturated rings. The molecule has 0 saturated carbocycles. The number of aliphatic hydroxyl groups excluding tert-OH is 2. The van der Waals surface area contributed by atoms with Crippen LogP contribution in [0.5, 0.6) is 5.75 Å². The Hall–Kier alpha value is -3.54. The van der Waals surface area contributed by atoms with E-state index in [1.54, 1.807) is 34.9 Å². The van der Waals surface area contributed by atoms with Crippen molar-refractivity contribution in [2.24, 2.45) is 0 Å². The average molecular weight is 615 g/mol. The molecule has 4 aromatic rings. The smallest absolute Gasteiger partial charge is 0.550 e. The van der Waals surface area contributed by atoms with E-state index in [2.05, 4.69) is 5.32 Å². The van der Waals surface area contributed by atoms with Crippen molar-refractivity contribution < 1.29 is 68.4 Å². The molecule has 3 aromatic carbocycles. The second kappa shape index (κ2) is 15.5. The summed E-state index contributed by atoms with van der Waals surface area (Å²) in [4.78, 5) is 24.9. The van der Waals surface area contributed by atoms with Crippen molar-refractivity contribution in [2.75, 3.05) is 5.32 Å². The Morgan fingerprint density at radius 2 is 1.41 bits per heavy atom. The summed E-state index contributed by atoms with van der Waals surface area (Å²) in [7, 11) is 0. The molecule has 8 nitrogen and oxygen atoms in total. The number of carbonyl (C=O) groups is 2. The predicted molar refractivity (Wildman–Crippen MR) is 156 cm³/mol. The van der Waals surface area contributed by atoms with Crippen LogP contribution in [0.4, 0.5) is 14.5 Å². The van der Waals surface area contributed by atoms with Gasteiger partial charge in [-0.3, -0.25) is 4.79 Å². The second-order valence-corrected chi connectivity index (χ2v) is 10.7. The Bertz CT molecular complexity index is 1590. The number of carbonyl (C=O) groups excluding carboxylic acids is 2. The van der Waals surface area contributed by atoms with E-state index in [0.29, 0.717) is 27.9 Å². The number of aromatic nitrogens is 1. The van der Waals surface area contributed by atoms with Gasteiger partial charge in [-0.05, 0) is 80.6 Å². The van der Waals surface area contributed by atoms with Crippen LogP contribution < -0.4 is 40.0 Å². The molecule has 0 aliphatic heterocycles. The summed E-state index contributed by atoms with van der Waals surface area (Å²) in [6.07, 6.45) is -2.93. The van der Waals surface area contributed by atoms with Crippen molar-refractivity contribution >= 4 is 17.6 Å². The number of nitrogens with zero attached hydrogens (tertiary/aromatic N) is 1. The van der Waals surface area contributed by atoms with Gasteiger partial charge in [-0.15, -0.1) is 0 Å². The minimum absolute atomic E-state index is 0. The third kappa shape index (κ3) is 8.34. The molecule has 1 heterocycles. The predicted octanol–water partition coefficient (Wildman–Crippen LogP) is 1.83. The molecular weight excluding hydrogens is 581 g/mol. The number of aliphatic carboxylic acids is 1. The van der Waals surface area contributed by atoms with Crippen LogP contribution in [0.1, 0.15) is 55.3 Å². The second-order valence-electron chi connectivity index (χ2n) is 10.7. The normalized spacial score (nSPS) is 12.4. The van der Waals surface area contributed by atoms with Gasteiger partial charge in [0.25, 0.3) is 5.91 Å². The Morgan fingerprint density at radius 1 is 0.864 bits per heavy atom. The maximum atomic E-state index is 14.1. The van der Waals surface area contributed by atoms with Crippen molar-refractivity contribution in [1.82, 2.24) is 4.57 Å². The number of halogens is 2. The summed E-state index contributed by atoms with van der Waals surface area (Å²) in [6.45, 7) is 3.73. The molecule has 11 heteroatoms. The number of phenols is 1. The summed E-state index contributed by atoms with van der Waals surface area (Å²) in [5.74, 6) is -3.08. The zero-order valence-electron chi connectivity index (χ0n) is 24.8. The van der Waals surface area contributed by atoms with E-state index in [1.807, 2.05) is 13.8 Å². The number of anilines is 1. The molecule has 4 rings (SSSR count). The number of benzene rings is 3. The fourth-order valence-electron chi connectivity index (χ4n) is 5.27. The summed E-state index contributed by atoms with van der Waals surface area (Å²) < 4.78 is 29.8. The van der Waals surface area contributed by atoms with Crippen molar-refractivity contribution in [3.05, 3.63) is 95.8 Å². The van der Waals surface area contributed by atoms with E-state index in [0.717, 1.165) is 0 Å². The number of rotatable bonds is 12. The van der Waals surface area contributed by atoms with Crippen LogP contribution >= 0.6 is 0 Å². The molecular formula is C33H33F2N2NaO6. The third-order valence-corrected chi connectivity index (χ3v) is 7.12. The molecule has 0 aliphatic rings. The molecule has 4 N–H and O–H groups in total. The van der Waals surface area contributed by atoms with E-state index in [9.17, 15) is 38.8 Å². The van der Waals surface area contributed by atoms with Crippen LogP contribution in [-0.4, -0.2) is 44.0 Å². The van der Waals surface area contributed by atoms with Gasteiger partial charge in [0.05, 0.1) is 17.9 Å². The maximum Gasteiger partial charge on any atom is 1.00 e. The van der Waals surface area contributed by atoms with E-state index >= 15 is 0 Å². The van der Waals surface area contributed by atoms with Crippen LogP contribution in [0.15, 0.2) is 72.8 Å². The molecule has 1 amide bonds. The fourth-order valence-corrected chi connectivity index (χ4v) is 5.27. The van der Waals surface area contributed by atoms with Crippen LogP contribution in [0, 0.1) is 11.6 Å². The summed E-state index contributed by atoms with van der Waals surface area (Å²) >= 11 is 0. The van der Waals surface area contributed by atoms with Crippen LogP contribution in [0.25, 0.3) is 22.3 Å². The number of hydrogen-bond donors (Lipinski definition) is 4. The van der Waals surface area contributed by atoms with E-state index < -0.39 is 42.1 Å². The number of phenolic OH excluding ortho intramolecular Hbond substituents is 1. The Kier molecular flexibility index (Phi) is 12.3. The van der Waals surface area contributed by atoms with Gasteiger partial charge in [0.2, 0.25) is 0 Å². The van der Waals surface area contributed by atoms with Gasteiger partial charge in [-0.2, -0.15) is 0 Å². The van der Waals surface area contributed by atoms with Gasteiger partial charge < -0.3 is 35.1 Å².